The van der Waals surface area contributed by atoms with Crippen LogP contribution in [0.15, 0.2) is 0 Å². The molecule has 0 aromatic rings. The van der Waals surface area contributed by atoms with Gasteiger partial charge in [-0.15, -0.1) is 0 Å². The fraction of sp³-hybridized carbons (Fsp3) is 0.889. The monoisotopic (exact) mass is 188 g/mol. The number of hydrogen-bond acceptors (Lipinski definition) is 3. The topological polar surface area (TPSA) is 61.4 Å². The smallest absolute Gasteiger partial charge is 0.221 e. The Morgan fingerprint density at radius 3 is 2.69 bits per heavy atom. The molecule has 0 heterocycles. The zero-order chi connectivity index (χ0) is 10.1. The van der Waals surface area contributed by atoms with Gasteiger partial charge < -0.3 is 15.7 Å². The van der Waals surface area contributed by atoms with Crippen molar-refractivity contribution < 1.29 is 9.90 Å². The van der Waals surface area contributed by atoms with Crippen LogP contribution < -0.4 is 10.6 Å². The van der Waals surface area contributed by atoms with E-state index in [1.807, 2.05) is 6.92 Å². The van der Waals surface area contributed by atoms with Crippen molar-refractivity contribution in [1.82, 2.24) is 10.6 Å². The molecule has 4 nitrogen and oxygen atoms in total. The van der Waals surface area contributed by atoms with E-state index in [4.69, 9.17) is 5.11 Å². The summed E-state index contributed by atoms with van der Waals surface area (Å²) >= 11 is 0. The molecule has 0 aliphatic carbocycles. The van der Waals surface area contributed by atoms with Crippen LogP contribution in [0.2, 0.25) is 0 Å². The second-order valence-electron chi connectivity index (χ2n) is 3.15. The highest BCUT2D eigenvalue weighted by Crippen LogP contribution is 1.80. The standard InChI is InChI=1S/C9H20N2O2/c1-3-5-11-9(13)4-6-10-7-8(2)12/h8,10,12H,3-7H2,1-2H3,(H,11,13)/t8-/m1/s1. The van der Waals surface area contributed by atoms with Crippen molar-refractivity contribution >= 4 is 5.91 Å². The number of aliphatic hydroxyl groups excluding tert-OH is 1. The Kier molecular flexibility index (Phi) is 7.63. The van der Waals surface area contributed by atoms with E-state index >= 15 is 0 Å². The Morgan fingerprint density at radius 2 is 2.15 bits per heavy atom. The lowest BCUT2D eigenvalue weighted by molar-refractivity contribution is -0.121. The minimum absolute atomic E-state index is 0.0694. The summed E-state index contributed by atoms with van der Waals surface area (Å²) in [5, 5.41) is 14.7. The number of rotatable bonds is 7. The third-order valence-corrected chi connectivity index (χ3v) is 1.54. The molecule has 0 fully saturated rings. The first-order valence-electron chi connectivity index (χ1n) is 4.82. The minimum Gasteiger partial charge on any atom is -0.392 e. The molecule has 0 saturated heterocycles. The van der Waals surface area contributed by atoms with Gasteiger partial charge in [-0.05, 0) is 13.3 Å². The molecule has 0 rings (SSSR count). The lowest BCUT2D eigenvalue weighted by Gasteiger charge is -2.06. The predicted molar refractivity (Wildman–Crippen MR) is 52.5 cm³/mol. The van der Waals surface area contributed by atoms with E-state index in [-0.39, 0.29) is 12.0 Å². The zero-order valence-electron chi connectivity index (χ0n) is 8.47. The van der Waals surface area contributed by atoms with Crippen LogP contribution in [0, 0.1) is 0 Å². The lowest BCUT2D eigenvalue weighted by Crippen LogP contribution is -2.31. The van der Waals surface area contributed by atoms with Gasteiger partial charge in [0, 0.05) is 26.1 Å². The van der Waals surface area contributed by atoms with Crippen molar-refractivity contribution in [2.24, 2.45) is 0 Å². The molecule has 3 N–H and O–H groups in total. The van der Waals surface area contributed by atoms with Crippen molar-refractivity contribution in [2.45, 2.75) is 32.8 Å². The molecule has 13 heavy (non-hydrogen) atoms. The number of carbonyl (C=O) groups is 1. The van der Waals surface area contributed by atoms with Gasteiger partial charge >= 0.3 is 0 Å². The molecule has 0 aliphatic heterocycles. The Labute approximate surface area is 79.7 Å². The van der Waals surface area contributed by atoms with Gasteiger partial charge in [0.1, 0.15) is 0 Å². The normalized spacial score (nSPS) is 12.5. The van der Waals surface area contributed by atoms with Crippen LogP contribution in [0.25, 0.3) is 0 Å². The van der Waals surface area contributed by atoms with Crippen molar-refractivity contribution in [1.29, 1.82) is 0 Å². The molecule has 0 aromatic carbocycles. The van der Waals surface area contributed by atoms with Crippen molar-refractivity contribution in [3.05, 3.63) is 0 Å². The number of aliphatic hydroxyl groups is 1. The van der Waals surface area contributed by atoms with E-state index in [0.717, 1.165) is 13.0 Å². The Balaban J connectivity index is 3.17. The summed E-state index contributed by atoms with van der Waals surface area (Å²) < 4.78 is 0. The molecule has 1 amide bonds. The first-order chi connectivity index (χ1) is 6.16. The molecule has 1 atom stereocenters. The third-order valence-electron chi connectivity index (χ3n) is 1.54. The largest absolute Gasteiger partial charge is 0.392 e. The van der Waals surface area contributed by atoms with Gasteiger partial charge in [0.05, 0.1) is 6.10 Å². The molecule has 0 spiro atoms. The van der Waals surface area contributed by atoms with Crippen LogP contribution in [0.1, 0.15) is 26.7 Å². The number of amides is 1. The maximum absolute atomic E-state index is 11.0. The summed E-state index contributed by atoms with van der Waals surface area (Å²) in [5.41, 5.74) is 0. The SMILES string of the molecule is CCCNC(=O)CCNC[C@@H](C)O. The summed E-state index contributed by atoms with van der Waals surface area (Å²) in [7, 11) is 0. The van der Waals surface area contributed by atoms with Crippen molar-refractivity contribution in [3.63, 3.8) is 0 Å². The molecule has 0 unspecified atom stereocenters. The number of hydrogen-bond donors (Lipinski definition) is 3. The lowest BCUT2D eigenvalue weighted by atomic mass is 10.3. The van der Waals surface area contributed by atoms with Crippen LogP contribution in [-0.2, 0) is 4.79 Å². The molecule has 0 aliphatic rings. The van der Waals surface area contributed by atoms with Crippen LogP contribution in [0.5, 0.6) is 0 Å². The summed E-state index contributed by atoms with van der Waals surface area (Å²) in [4.78, 5) is 11.0. The second kappa shape index (κ2) is 8.01. The van der Waals surface area contributed by atoms with Gasteiger partial charge in [-0.3, -0.25) is 4.79 Å². The maximum Gasteiger partial charge on any atom is 0.221 e. The summed E-state index contributed by atoms with van der Waals surface area (Å²) in [6.07, 6.45) is 1.10. The molecular formula is C9H20N2O2. The molecule has 0 saturated carbocycles. The van der Waals surface area contributed by atoms with E-state index in [1.54, 1.807) is 6.92 Å². The van der Waals surface area contributed by atoms with Gasteiger partial charge in [-0.1, -0.05) is 6.92 Å². The fourth-order valence-corrected chi connectivity index (χ4v) is 0.866. The van der Waals surface area contributed by atoms with Gasteiger partial charge in [0.15, 0.2) is 0 Å². The van der Waals surface area contributed by atoms with Crippen LogP contribution in [-0.4, -0.2) is 36.8 Å². The highest BCUT2D eigenvalue weighted by atomic mass is 16.3. The number of carbonyl (C=O) groups excluding carboxylic acids is 1. The minimum atomic E-state index is -0.348. The Morgan fingerprint density at radius 1 is 1.46 bits per heavy atom. The van der Waals surface area contributed by atoms with Gasteiger partial charge in [0.25, 0.3) is 0 Å². The van der Waals surface area contributed by atoms with Gasteiger partial charge in [0.2, 0.25) is 5.91 Å². The third kappa shape index (κ3) is 9.30. The molecule has 0 radical (unpaired) electrons. The molecule has 0 aromatic heterocycles. The van der Waals surface area contributed by atoms with E-state index in [2.05, 4.69) is 10.6 Å². The Bertz CT molecular complexity index is 138. The summed E-state index contributed by atoms with van der Waals surface area (Å²) in [6, 6.07) is 0. The van der Waals surface area contributed by atoms with E-state index in [1.165, 1.54) is 0 Å². The van der Waals surface area contributed by atoms with Crippen molar-refractivity contribution in [3.8, 4) is 0 Å². The van der Waals surface area contributed by atoms with Crippen molar-refractivity contribution in [2.75, 3.05) is 19.6 Å². The van der Waals surface area contributed by atoms with Crippen LogP contribution in [0.4, 0.5) is 0 Å². The molecule has 0 bridgehead atoms. The fourth-order valence-electron chi connectivity index (χ4n) is 0.866. The second-order valence-corrected chi connectivity index (χ2v) is 3.15. The van der Waals surface area contributed by atoms with E-state index < -0.39 is 0 Å². The van der Waals surface area contributed by atoms with E-state index in [0.29, 0.717) is 19.5 Å². The first-order valence-corrected chi connectivity index (χ1v) is 4.82. The van der Waals surface area contributed by atoms with Gasteiger partial charge in [-0.2, -0.15) is 0 Å². The average Bonchev–Trinajstić information content (AvgIpc) is 2.08. The maximum atomic E-state index is 11.0. The highest BCUT2D eigenvalue weighted by Gasteiger charge is 1.99. The van der Waals surface area contributed by atoms with Gasteiger partial charge in [-0.25, -0.2) is 0 Å². The molecule has 78 valence electrons. The molecule has 4 heteroatoms. The zero-order valence-corrected chi connectivity index (χ0v) is 8.47. The average molecular weight is 188 g/mol. The first kappa shape index (κ1) is 12.4. The Hall–Kier alpha value is -0.610. The van der Waals surface area contributed by atoms with Crippen LogP contribution in [0.3, 0.4) is 0 Å². The molecular weight excluding hydrogens is 168 g/mol. The summed E-state index contributed by atoms with van der Waals surface area (Å²) in [6.45, 7) is 5.65. The highest BCUT2D eigenvalue weighted by molar-refractivity contribution is 5.75. The predicted octanol–water partition coefficient (Wildman–Crippen LogP) is -0.127. The number of nitrogens with one attached hydrogen (secondary N) is 2. The quantitative estimate of drug-likeness (QED) is 0.488. The van der Waals surface area contributed by atoms with Crippen LogP contribution >= 0.6 is 0 Å². The summed E-state index contributed by atoms with van der Waals surface area (Å²) in [5.74, 6) is 0.0694. The van der Waals surface area contributed by atoms with E-state index in [9.17, 15) is 4.79 Å².